The number of rotatable bonds is 4. The van der Waals surface area contributed by atoms with Gasteiger partial charge in [0.25, 0.3) is 0 Å². The van der Waals surface area contributed by atoms with Crippen LogP contribution in [0.4, 0.5) is 0 Å². The van der Waals surface area contributed by atoms with Crippen molar-refractivity contribution in [1.29, 1.82) is 0 Å². The second-order valence-corrected chi connectivity index (χ2v) is 3.13. The van der Waals surface area contributed by atoms with E-state index >= 15 is 0 Å². The van der Waals surface area contributed by atoms with Crippen LogP contribution in [-0.2, 0) is 9.47 Å². The third-order valence-corrected chi connectivity index (χ3v) is 1.84. The summed E-state index contributed by atoms with van der Waals surface area (Å²) in [6, 6.07) is 0. The zero-order valence-corrected chi connectivity index (χ0v) is 6.25. The first-order chi connectivity index (χ1) is 4.84. The number of hydrogen-bond acceptors (Lipinski definition) is 3. The van der Waals surface area contributed by atoms with Gasteiger partial charge in [0.15, 0.2) is 0 Å². The highest BCUT2D eigenvalue weighted by atomic mass is 16.6. The van der Waals surface area contributed by atoms with Crippen LogP contribution in [0.3, 0.4) is 0 Å². The topological polar surface area (TPSA) is 28.3 Å². The number of likely N-dealkylation sites (N-methyl/N-ethyl adjacent to an activating group) is 1. The molecule has 58 valence electrons. The molecule has 2 heterocycles. The standard InChI is InChI=1S/C7H13NO2/c1-8(2-6-4-9-6)3-7-5-10-7/h6-7H,2-5H2,1H3/t6-,7+. The molecular formula is C7H13NO2. The van der Waals surface area contributed by atoms with E-state index in [0.717, 1.165) is 26.3 Å². The highest BCUT2D eigenvalue weighted by Crippen LogP contribution is 2.13. The van der Waals surface area contributed by atoms with E-state index in [0.29, 0.717) is 12.2 Å². The fraction of sp³-hybridized carbons (Fsp3) is 1.00. The molecule has 2 atom stereocenters. The monoisotopic (exact) mass is 143 g/mol. The molecule has 2 saturated heterocycles. The highest BCUT2D eigenvalue weighted by molar-refractivity contribution is 4.77. The maximum absolute atomic E-state index is 5.10. The molecule has 0 aromatic carbocycles. The SMILES string of the molecule is CN(C[C@H]1CO1)C[C@@H]1CO1. The molecule has 2 aliphatic rings. The summed E-state index contributed by atoms with van der Waals surface area (Å²) in [5.41, 5.74) is 0. The van der Waals surface area contributed by atoms with Crippen molar-refractivity contribution in [1.82, 2.24) is 4.90 Å². The predicted octanol–water partition coefficient (Wildman–Crippen LogP) is -0.284. The molecule has 0 aliphatic carbocycles. The third-order valence-electron chi connectivity index (χ3n) is 1.84. The molecule has 0 aromatic rings. The molecule has 0 saturated carbocycles. The van der Waals surface area contributed by atoms with E-state index in [-0.39, 0.29) is 0 Å². The summed E-state index contributed by atoms with van der Waals surface area (Å²) in [6.45, 7) is 4.05. The van der Waals surface area contributed by atoms with Gasteiger partial charge < -0.3 is 14.4 Å². The lowest BCUT2D eigenvalue weighted by atomic mass is 10.4. The average molecular weight is 143 g/mol. The van der Waals surface area contributed by atoms with Crippen LogP contribution in [0, 0.1) is 0 Å². The molecule has 0 unspecified atom stereocenters. The Morgan fingerprint density at radius 2 is 1.60 bits per heavy atom. The lowest BCUT2D eigenvalue weighted by molar-refractivity contribution is 0.256. The van der Waals surface area contributed by atoms with Crippen molar-refractivity contribution < 1.29 is 9.47 Å². The van der Waals surface area contributed by atoms with Gasteiger partial charge in [0.1, 0.15) is 0 Å². The summed E-state index contributed by atoms with van der Waals surface area (Å²) in [4.78, 5) is 2.27. The molecule has 0 bridgehead atoms. The Kier molecular flexibility index (Phi) is 1.64. The van der Waals surface area contributed by atoms with E-state index in [1.165, 1.54) is 0 Å². The zero-order chi connectivity index (χ0) is 6.97. The molecule has 0 N–H and O–H groups in total. The van der Waals surface area contributed by atoms with Gasteiger partial charge in [-0.3, -0.25) is 0 Å². The molecule has 2 aliphatic heterocycles. The van der Waals surface area contributed by atoms with Crippen LogP contribution in [0.5, 0.6) is 0 Å². The van der Waals surface area contributed by atoms with E-state index in [1.807, 2.05) is 0 Å². The first-order valence-electron chi connectivity index (χ1n) is 3.76. The van der Waals surface area contributed by atoms with E-state index in [2.05, 4.69) is 11.9 Å². The summed E-state index contributed by atoms with van der Waals surface area (Å²) < 4.78 is 10.2. The van der Waals surface area contributed by atoms with Crippen LogP contribution in [0.1, 0.15) is 0 Å². The molecule has 0 radical (unpaired) electrons. The zero-order valence-electron chi connectivity index (χ0n) is 6.25. The van der Waals surface area contributed by atoms with Crippen molar-refractivity contribution in [2.75, 3.05) is 33.4 Å². The summed E-state index contributed by atoms with van der Waals surface area (Å²) in [6.07, 6.45) is 1.03. The van der Waals surface area contributed by atoms with E-state index in [4.69, 9.17) is 9.47 Å². The van der Waals surface area contributed by atoms with Gasteiger partial charge in [-0.25, -0.2) is 0 Å². The Bertz CT molecular complexity index is 107. The average Bonchev–Trinajstić information content (AvgIpc) is 2.59. The van der Waals surface area contributed by atoms with Gasteiger partial charge in [0, 0.05) is 13.1 Å². The number of ether oxygens (including phenoxy) is 2. The predicted molar refractivity (Wildman–Crippen MR) is 37.0 cm³/mol. The Hall–Kier alpha value is -0.120. The minimum atomic E-state index is 0.517. The molecule has 3 heteroatoms. The molecule has 0 amide bonds. The maximum Gasteiger partial charge on any atom is 0.0936 e. The second kappa shape index (κ2) is 2.49. The normalized spacial score (nSPS) is 36.6. The van der Waals surface area contributed by atoms with Gasteiger partial charge in [-0.1, -0.05) is 0 Å². The van der Waals surface area contributed by atoms with Crippen molar-refractivity contribution >= 4 is 0 Å². The van der Waals surface area contributed by atoms with Crippen molar-refractivity contribution in [3.05, 3.63) is 0 Å². The van der Waals surface area contributed by atoms with Crippen molar-refractivity contribution in [2.45, 2.75) is 12.2 Å². The van der Waals surface area contributed by atoms with Gasteiger partial charge in [0.05, 0.1) is 25.4 Å². The van der Waals surface area contributed by atoms with E-state index in [1.54, 1.807) is 0 Å². The Labute approximate surface area is 60.9 Å². The number of nitrogens with zero attached hydrogens (tertiary/aromatic N) is 1. The number of hydrogen-bond donors (Lipinski definition) is 0. The lowest BCUT2D eigenvalue weighted by Crippen LogP contribution is -2.27. The minimum absolute atomic E-state index is 0.517. The largest absolute Gasteiger partial charge is 0.372 e. The van der Waals surface area contributed by atoms with Gasteiger partial charge in [-0.2, -0.15) is 0 Å². The highest BCUT2D eigenvalue weighted by Gasteiger charge is 2.28. The number of epoxide rings is 2. The summed E-state index contributed by atoms with van der Waals surface area (Å²) in [5.74, 6) is 0. The van der Waals surface area contributed by atoms with Crippen molar-refractivity contribution in [2.24, 2.45) is 0 Å². The second-order valence-electron chi connectivity index (χ2n) is 3.13. The molecule has 3 nitrogen and oxygen atoms in total. The smallest absolute Gasteiger partial charge is 0.0936 e. The van der Waals surface area contributed by atoms with E-state index in [9.17, 15) is 0 Å². The lowest BCUT2D eigenvalue weighted by Gasteiger charge is -2.12. The summed E-state index contributed by atoms with van der Waals surface area (Å²) in [5, 5.41) is 0. The van der Waals surface area contributed by atoms with Crippen molar-refractivity contribution in [3.8, 4) is 0 Å². The summed E-state index contributed by atoms with van der Waals surface area (Å²) >= 11 is 0. The van der Waals surface area contributed by atoms with Crippen LogP contribution in [0.2, 0.25) is 0 Å². The third kappa shape index (κ3) is 1.94. The van der Waals surface area contributed by atoms with Crippen LogP contribution < -0.4 is 0 Å². The minimum Gasteiger partial charge on any atom is -0.372 e. The Morgan fingerprint density at radius 1 is 1.20 bits per heavy atom. The quantitative estimate of drug-likeness (QED) is 0.506. The van der Waals surface area contributed by atoms with Gasteiger partial charge in [0.2, 0.25) is 0 Å². The molecule has 10 heavy (non-hydrogen) atoms. The first kappa shape index (κ1) is 6.58. The van der Waals surface area contributed by atoms with Gasteiger partial charge >= 0.3 is 0 Å². The Morgan fingerprint density at radius 3 is 1.90 bits per heavy atom. The van der Waals surface area contributed by atoms with Crippen LogP contribution >= 0.6 is 0 Å². The maximum atomic E-state index is 5.10. The van der Waals surface area contributed by atoms with Gasteiger partial charge in [-0.15, -0.1) is 0 Å². The fourth-order valence-corrected chi connectivity index (χ4v) is 1.12. The first-order valence-corrected chi connectivity index (χ1v) is 3.76. The molecule has 2 fully saturated rings. The van der Waals surface area contributed by atoms with Crippen LogP contribution in [0.25, 0.3) is 0 Å². The van der Waals surface area contributed by atoms with Crippen LogP contribution in [-0.4, -0.2) is 50.5 Å². The molecule has 0 spiro atoms. The Balaban J connectivity index is 1.60. The fourth-order valence-electron chi connectivity index (χ4n) is 1.12. The van der Waals surface area contributed by atoms with E-state index < -0.39 is 0 Å². The summed E-state index contributed by atoms with van der Waals surface area (Å²) in [7, 11) is 2.11. The van der Waals surface area contributed by atoms with Crippen molar-refractivity contribution in [3.63, 3.8) is 0 Å². The molecule has 0 aromatic heterocycles. The van der Waals surface area contributed by atoms with Crippen LogP contribution in [0.15, 0.2) is 0 Å². The van der Waals surface area contributed by atoms with Gasteiger partial charge in [-0.05, 0) is 7.05 Å². The molecular weight excluding hydrogens is 130 g/mol. The molecule has 2 rings (SSSR count).